The fourth-order valence-corrected chi connectivity index (χ4v) is 2.10. The summed E-state index contributed by atoms with van der Waals surface area (Å²) in [4.78, 5) is 0. The molecule has 1 atom stereocenters. The van der Waals surface area contributed by atoms with Crippen LogP contribution in [0.1, 0.15) is 30.1 Å². The number of rotatable bonds is 2. The SMILES string of the molecule is OC(c1ccc(Br)c(C(F)(F)F)c1)C1CC1. The molecule has 1 aliphatic carbocycles. The van der Waals surface area contributed by atoms with E-state index in [2.05, 4.69) is 15.9 Å². The Kier molecular flexibility index (Phi) is 3.01. The van der Waals surface area contributed by atoms with Gasteiger partial charge in [-0.05, 0) is 36.5 Å². The van der Waals surface area contributed by atoms with Crippen molar-refractivity contribution in [1.29, 1.82) is 0 Å². The minimum Gasteiger partial charge on any atom is -0.388 e. The largest absolute Gasteiger partial charge is 0.417 e. The Morgan fingerprint density at radius 1 is 1.31 bits per heavy atom. The maximum Gasteiger partial charge on any atom is 0.417 e. The second kappa shape index (κ2) is 4.04. The van der Waals surface area contributed by atoms with Crippen molar-refractivity contribution in [3.63, 3.8) is 0 Å². The van der Waals surface area contributed by atoms with Gasteiger partial charge < -0.3 is 5.11 Å². The van der Waals surface area contributed by atoms with Crippen molar-refractivity contribution in [1.82, 2.24) is 0 Å². The zero-order valence-corrected chi connectivity index (χ0v) is 9.85. The number of aliphatic hydroxyl groups is 1. The molecule has 88 valence electrons. The normalized spacial score (nSPS) is 18.6. The Morgan fingerprint density at radius 2 is 1.94 bits per heavy atom. The summed E-state index contributed by atoms with van der Waals surface area (Å²) in [6, 6.07) is 3.89. The lowest BCUT2D eigenvalue weighted by Gasteiger charge is -2.14. The average Bonchev–Trinajstić information content (AvgIpc) is 2.98. The minimum absolute atomic E-state index is 0.00625. The van der Waals surface area contributed by atoms with E-state index in [1.165, 1.54) is 12.1 Å². The van der Waals surface area contributed by atoms with Crippen LogP contribution in [0.3, 0.4) is 0 Å². The first kappa shape index (κ1) is 11.9. The highest BCUT2D eigenvalue weighted by molar-refractivity contribution is 9.10. The number of benzene rings is 1. The van der Waals surface area contributed by atoms with Crippen LogP contribution in [0.5, 0.6) is 0 Å². The number of halogens is 4. The van der Waals surface area contributed by atoms with Crippen LogP contribution in [0.15, 0.2) is 22.7 Å². The lowest BCUT2D eigenvalue weighted by molar-refractivity contribution is -0.138. The molecule has 1 nitrogen and oxygen atoms in total. The first-order valence-electron chi connectivity index (χ1n) is 4.94. The van der Waals surface area contributed by atoms with Gasteiger partial charge in [0.05, 0.1) is 11.7 Å². The first-order valence-corrected chi connectivity index (χ1v) is 5.73. The minimum atomic E-state index is -4.39. The van der Waals surface area contributed by atoms with Gasteiger partial charge in [0.2, 0.25) is 0 Å². The Morgan fingerprint density at radius 3 is 2.44 bits per heavy atom. The van der Waals surface area contributed by atoms with E-state index in [1.807, 2.05) is 0 Å². The maximum atomic E-state index is 12.6. The topological polar surface area (TPSA) is 20.2 Å². The second-order valence-electron chi connectivity index (χ2n) is 4.02. The van der Waals surface area contributed by atoms with Crippen LogP contribution in [0.2, 0.25) is 0 Å². The second-order valence-corrected chi connectivity index (χ2v) is 4.87. The standard InChI is InChI=1S/C11H10BrF3O/c12-9-4-3-7(10(16)6-1-2-6)5-8(9)11(13,14)15/h3-6,10,16H,1-2H2. The summed E-state index contributed by atoms with van der Waals surface area (Å²) in [5.74, 6) is 0.127. The van der Waals surface area contributed by atoms with E-state index in [4.69, 9.17) is 0 Å². The summed E-state index contributed by atoms with van der Waals surface area (Å²) in [7, 11) is 0. The Balaban J connectivity index is 2.34. The summed E-state index contributed by atoms with van der Waals surface area (Å²) in [6.45, 7) is 0. The van der Waals surface area contributed by atoms with Crippen molar-refractivity contribution < 1.29 is 18.3 Å². The van der Waals surface area contributed by atoms with Crippen LogP contribution in [0.25, 0.3) is 0 Å². The average molecular weight is 295 g/mol. The molecule has 0 heterocycles. The van der Waals surface area contributed by atoms with Gasteiger partial charge >= 0.3 is 6.18 Å². The van der Waals surface area contributed by atoms with E-state index in [0.717, 1.165) is 18.9 Å². The number of aliphatic hydroxyl groups excluding tert-OH is 1. The Bertz CT molecular complexity index is 399. The molecule has 1 unspecified atom stereocenters. The van der Waals surface area contributed by atoms with Crippen molar-refractivity contribution in [2.24, 2.45) is 5.92 Å². The molecule has 5 heteroatoms. The molecule has 1 aromatic rings. The molecule has 0 saturated heterocycles. The highest BCUT2D eigenvalue weighted by atomic mass is 79.9. The van der Waals surface area contributed by atoms with Gasteiger partial charge in [0.15, 0.2) is 0 Å². The summed E-state index contributed by atoms with van der Waals surface area (Å²) in [5.41, 5.74) is -0.386. The lowest BCUT2D eigenvalue weighted by atomic mass is 10.0. The maximum absolute atomic E-state index is 12.6. The summed E-state index contributed by atoms with van der Waals surface area (Å²) < 4.78 is 37.8. The highest BCUT2D eigenvalue weighted by Crippen LogP contribution is 2.43. The van der Waals surface area contributed by atoms with Gasteiger partial charge in [-0.3, -0.25) is 0 Å². The number of alkyl halides is 3. The monoisotopic (exact) mass is 294 g/mol. The van der Waals surface area contributed by atoms with Crippen LogP contribution in [-0.2, 0) is 6.18 Å². The van der Waals surface area contributed by atoms with Crippen molar-refractivity contribution in [2.75, 3.05) is 0 Å². The predicted octanol–water partition coefficient (Wildman–Crippen LogP) is 3.91. The zero-order chi connectivity index (χ0) is 11.9. The quantitative estimate of drug-likeness (QED) is 0.877. The van der Waals surface area contributed by atoms with E-state index in [1.54, 1.807) is 0 Å². The highest BCUT2D eigenvalue weighted by Gasteiger charge is 2.36. The van der Waals surface area contributed by atoms with E-state index < -0.39 is 17.8 Å². The van der Waals surface area contributed by atoms with E-state index >= 15 is 0 Å². The fraction of sp³-hybridized carbons (Fsp3) is 0.455. The van der Waals surface area contributed by atoms with Crippen molar-refractivity contribution in [3.05, 3.63) is 33.8 Å². The molecule has 0 radical (unpaired) electrons. The zero-order valence-electron chi connectivity index (χ0n) is 8.26. The van der Waals surface area contributed by atoms with Gasteiger partial charge in [0, 0.05) is 4.47 Å². The lowest BCUT2D eigenvalue weighted by Crippen LogP contribution is -2.08. The van der Waals surface area contributed by atoms with Crippen LogP contribution < -0.4 is 0 Å². The van der Waals surface area contributed by atoms with Crippen molar-refractivity contribution >= 4 is 15.9 Å². The summed E-state index contributed by atoms with van der Waals surface area (Å²) >= 11 is 2.87. The Hall–Kier alpha value is -0.550. The molecule has 0 spiro atoms. The smallest absolute Gasteiger partial charge is 0.388 e. The molecule has 2 rings (SSSR count). The van der Waals surface area contributed by atoms with Gasteiger partial charge in [-0.25, -0.2) is 0 Å². The molecule has 0 aliphatic heterocycles. The molecular weight excluding hydrogens is 285 g/mol. The van der Waals surface area contributed by atoms with Crippen LogP contribution in [0.4, 0.5) is 13.2 Å². The Labute approximate surface area is 99.4 Å². The third-order valence-electron chi connectivity index (χ3n) is 2.71. The molecule has 1 aromatic carbocycles. The molecule has 1 saturated carbocycles. The number of hydrogen-bond donors (Lipinski definition) is 1. The van der Waals surface area contributed by atoms with Crippen LogP contribution in [-0.4, -0.2) is 5.11 Å². The molecule has 0 aromatic heterocycles. The molecule has 0 amide bonds. The molecular formula is C11H10BrF3O. The van der Waals surface area contributed by atoms with E-state index in [-0.39, 0.29) is 10.4 Å². The van der Waals surface area contributed by atoms with Crippen molar-refractivity contribution in [2.45, 2.75) is 25.1 Å². The van der Waals surface area contributed by atoms with Gasteiger partial charge in [-0.2, -0.15) is 13.2 Å². The van der Waals surface area contributed by atoms with Gasteiger partial charge in [0.1, 0.15) is 0 Å². The molecule has 0 bridgehead atoms. The fourth-order valence-electron chi connectivity index (χ4n) is 1.63. The molecule has 1 aliphatic rings. The van der Waals surface area contributed by atoms with E-state index in [9.17, 15) is 18.3 Å². The third kappa shape index (κ3) is 2.40. The molecule has 1 N–H and O–H groups in total. The third-order valence-corrected chi connectivity index (χ3v) is 3.40. The van der Waals surface area contributed by atoms with Gasteiger partial charge in [-0.15, -0.1) is 0 Å². The molecule has 1 fully saturated rings. The summed E-state index contributed by atoms with van der Waals surface area (Å²) in [6.07, 6.45) is -3.39. The summed E-state index contributed by atoms with van der Waals surface area (Å²) in [5, 5.41) is 9.76. The number of hydrogen-bond acceptors (Lipinski definition) is 1. The van der Waals surface area contributed by atoms with Crippen LogP contribution in [0, 0.1) is 5.92 Å². The van der Waals surface area contributed by atoms with Gasteiger partial charge in [0.25, 0.3) is 0 Å². The van der Waals surface area contributed by atoms with Crippen molar-refractivity contribution in [3.8, 4) is 0 Å². The van der Waals surface area contributed by atoms with E-state index in [0.29, 0.717) is 5.56 Å². The predicted molar refractivity (Wildman–Crippen MR) is 56.8 cm³/mol. The molecule has 16 heavy (non-hydrogen) atoms. The van der Waals surface area contributed by atoms with Gasteiger partial charge in [-0.1, -0.05) is 22.0 Å². The first-order chi connectivity index (χ1) is 7.39. The van der Waals surface area contributed by atoms with Crippen LogP contribution >= 0.6 is 15.9 Å².